The number of hydrogen-bond donors (Lipinski definition) is 2. The van der Waals surface area contributed by atoms with Crippen LogP contribution in [-0.2, 0) is 9.53 Å². The normalized spacial score (nSPS) is 17.4. The van der Waals surface area contributed by atoms with E-state index in [9.17, 15) is 9.59 Å². The molecular formula is C12H22N2O4. The zero-order valence-corrected chi connectivity index (χ0v) is 11.1. The molecule has 2 amide bonds. The molecule has 1 aliphatic rings. The Bertz CT molecular complexity index is 300. The average Bonchev–Trinajstić information content (AvgIpc) is 2.72. The summed E-state index contributed by atoms with van der Waals surface area (Å²) in [6.45, 7) is 0.960. The summed E-state index contributed by atoms with van der Waals surface area (Å²) in [6, 6.07) is -0.227. The largest absolute Gasteiger partial charge is 0.481 e. The second-order valence-electron chi connectivity index (χ2n) is 4.90. The van der Waals surface area contributed by atoms with Crippen molar-refractivity contribution < 1.29 is 19.4 Å². The zero-order chi connectivity index (χ0) is 13.6. The third kappa shape index (κ3) is 4.18. The van der Waals surface area contributed by atoms with Crippen LogP contribution in [0.4, 0.5) is 4.79 Å². The quantitative estimate of drug-likeness (QED) is 0.746. The Labute approximate surface area is 107 Å². The predicted octanol–water partition coefficient (Wildman–Crippen LogP) is 1.06. The van der Waals surface area contributed by atoms with Crippen molar-refractivity contribution in [1.82, 2.24) is 10.2 Å². The Hall–Kier alpha value is -1.30. The maximum atomic E-state index is 12.0. The van der Waals surface area contributed by atoms with E-state index < -0.39 is 11.5 Å². The lowest BCUT2D eigenvalue weighted by Crippen LogP contribution is -2.52. The van der Waals surface area contributed by atoms with Crippen LogP contribution in [0.3, 0.4) is 0 Å². The average molecular weight is 258 g/mol. The molecule has 6 heteroatoms. The maximum absolute atomic E-state index is 12.0. The van der Waals surface area contributed by atoms with E-state index in [1.165, 1.54) is 4.90 Å². The number of nitrogens with zero attached hydrogens (tertiary/aromatic N) is 1. The molecule has 0 radical (unpaired) electrons. The molecule has 2 N–H and O–H groups in total. The fourth-order valence-electron chi connectivity index (χ4n) is 2.34. The molecule has 0 heterocycles. The van der Waals surface area contributed by atoms with Gasteiger partial charge in [-0.15, -0.1) is 0 Å². The van der Waals surface area contributed by atoms with E-state index in [4.69, 9.17) is 9.84 Å². The number of carboxylic acid groups (broad SMARTS) is 1. The lowest BCUT2D eigenvalue weighted by molar-refractivity contribution is -0.138. The minimum absolute atomic E-state index is 0.00312. The number of nitrogens with one attached hydrogen (secondary N) is 1. The van der Waals surface area contributed by atoms with Crippen molar-refractivity contribution in [2.24, 2.45) is 0 Å². The van der Waals surface area contributed by atoms with Crippen molar-refractivity contribution in [3.05, 3.63) is 0 Å². The van der Waals surface area contributed by atoms with Gasteiger partial charge in [-0.25, -0.2) is 4.79 Å². The van der Waals surface area contributed by atoms with E-state index in [-0.39, 0.29) is 12.5 Å². The van der Waals surface area contributed by atoms with E-state index in [1.54, 1.807) is 14.2 Å². The van der Waals surface area contributed by atoms with Crippen LogP contribution in [0.2, 0.25) is 0 Å². The molecule has 18 heavy (non-hydrogen) atoms. The highest BCUT2D eigenvalue weighted by molar-refractivity contribution is 5.76. The number of carbonyl (C=O) groups is 2. The Morgan fingerprint density at radius 3 is 2.50 bits per heavy atom. The second kappa shape index (κ2) is 6.58. The van der Waals surface area contributed by atoms with Crippen molar-refractivity contribution in [3.63, 3.8) is 0 Å². The number of hydrogen-bond acceptors (Lipinski definition) is 3. The van der Waals surface area contributed by atoms with E-state index >= 15 is 0 Å². The van der Waals surface area contributed by atoms with Gasteiger partial charge in [-0.2, -0.15) is 0 Å². The van der Waals surface area contributed by atoms with Crippen molar-refractivity contribution in [2.45, 2.75) is 37.6 Å². The first-order valence-electron chi connectivity index (χ1n) is 6.23. The lowest BCUT2D eigenvalue weighted by atomic mass is 9.93. The third-order valence-corrected chi connectivity index (χ3v) is 3.40. The topological polar surface area (TPSA) is 78.9 Å². The standard InChI is InChI=1S/C12H22N2O4/c1-14(7-8-18-2)11(17)13-12(9-10(15)16)5-3-4-6-12/h3-9H2,1-2H3,(H,13,17)(H,15,16). The molecule has 0 bridgehead atoms. The first-order chi connectivity index (χ1) is 8.49. The molecule has 1 fully saturated rings. The minimum Gasteiger partial charge on any atom is -0.481 e. The number of methoxy groups -OCH3 is 1. The molecule has 0 aromatic heterocycles. The van der Waals surface area contributed by atoms with Crippen LogP contribution in [0, 0.1) is 0 Å². The Morgan fingerprint density at radius 2 is 2.00 bits per heavy atom. The van der Waals surface area contributed by atoms with E-state index in [1.807, 2.05) is 0 Å². The van der Waals surface area contributed by atoms with Crippen LogP contribution < -0.4 is 5.32 Å². The number of likely N-dealkylation sites (N-methyl/N-ethyl adjacent to an activating group) is 1. The Morgan fingerprint density at radius 1 is 1.39 bits per heavy atom. The van der Waals surface area contributed by atoms with Crippen molar-refractivity contribution in [2.75, 3.05) is 27.3 Å². The summed E-state index contributed by atoms with van der Waals surface area (Å²) in [6.07, 6.45) is 3.41. The van der Waals surface area contributed by atoms with Crippen LogP contribution >= 0.6 is 0 Å². The highest BCUT2D eigenvalue weighted by Gasteiger charge is 2.37. The monoisotopic (exact) mass is 258 g/mol. The van der Waals surface area contributed by atoms with Crippen LogP contribution in [0.25, 0.3) is 0 Å². The Kier molecular flexibility index (Phi) is 5.40. The van der Waals surface area contributed by atoms with Crippen molar-refractivity contribution >= 4 is 12.0 Å². The second-order valence-corrected chi connectivity index (χ2v) is 4.90. The van der Waals surface area contributed by atoms with Gasteiger partial charge in [0.2, 0.25) is 0 Å². The lowest BCUT2D eigenvalue weighted by Gasteiger charge is -2.31. The van der Waals surface area contributed by atoms with Gasteiger partial charge in [-0.3, -0.25) is 4.79 Å². The molecule has 0 spiro atoms. The predicted molar refractivity (Wildman–Crippen MR) is 66.5 cm³/mol. The van der Waals surface area contributed by atoms with Gasteiger partial charge < -0.3 is 20.1 Å². The molecule has 0 unspecified atom stereocenters. The molecule has 0 aromatic carbocycles. The van der Waals surface area contributed by atoms with Gasteiger partial charge in [0.25, 0.3) is 0 Å². The molecule has 0 aromatic rings. The smallest absolute Gasteiger partial charge is 0.317 e. The molecular weight excluding hydrogens is 236 g/mol. The van der Waals surface area contributed by atoms with Crippen molar-refractivity contribution in [1.29, 1.82) is 0 Å². The number of carboxylic acids is 1. The van der Waals surface area contributed by atoms with Crippen molar-refractivity contribution in [3.8, 4) is 0 Å². The van der Waals surface area contributed by atoms with Crippen LogP contribution in [0.1, 0.15) is 32.1 Å². The van der Waals surface area contributed by atoms with Gasteiger partial charge in [-0.05, 0) is 12.8 Å². The summed E-state index contributed by atoms with van der Waals surface area (Å²) in [4.78, 5) is 24.4. The summed E-state index contributed by atoms with van der Waals surface area (Å²) >= 11 is 0. The van der Waals surface area contributed by atoms with Crippen LogP contribution in [-0.4, -0.2) is 54.9 Å². The maximum Gasteiger partial charge on any atom is 0.317 e. The molecule has 0 aliphatic heterocycles. The number of aliphatic carboxylic acids is 1. The first-order valence-corrected chi connectivity index (χ1v) is 6.23. The fourth-order valence-corrected chi connectivity index (χ4v) is 2.34. The number of carbonyl (C=O) groups excluding carboxylic acids is 1. The van der Waals surface area contributed by atoms with Gasteiger partial charge in [0.05, 0.1) is 18.6 Å². The van der Waals surface area contributed by atoms with Gasteiger partial charge in [-0.1, -0.05) is 12.8 Å². The van der Waals surface area contributed by atoms with Gasteiger partial charge in [0, 0.05) is 20.7 Å². The van der Waals surface area contributed by atoms with E-state index in [0.29, 0.717) is 13.2 Å². The molecule has 1 rings (SSSR count). The molecule has 0 atom stereocenters. The summed E-state index contributed by atoms with van der Waals surface area (Å²) in [7, 11) is 3.26. The summed E-state index contributed by atoms with van der Waals surface area (Å²) in [5, 5.41) is 11.8. The highest BCUT2D eigenvalue weighted by atomic mass is 16.5. The summed E-state index contributed by atoms with van der Waals surface area (Å²) < 4.78 is 4.91. The summed E-state index contributed by atoms with van der Waals surface area (Å²) in [5.41, 5.74) is -0.565. The number of rotatable bonds is 6. The number of ether oxygens (including phenoxy) is 1. The zero-order valence-electron chi connectivity index (χ0n) is 11.1. The van der Waals surface area contributed by atoms with Crippen LogP contribution in [0.15, 0.2) is 0 Å². The SMILES string of the molecule is COCCN(C)C(=O)NC1(CC(=O)O)CCCC1. The molecule has 104 valence electrons. The third-order valence-electron chi connectivity index (χ3n) is 3.40. The summed E-state index contributed by atoms with van der Waals surface area (Å²) in [5.74, 6) is -0.864. The first kappa shape index (κ1) is 14.8. The number of amides is 2. The van der Waals surface area contributed by atoms with E-state index in [0.717, 1.165) is 25.7 Å². The molecule has 6 nitrogen and oxygen atoms in total. The van der Waals surface area contributed by atoms with Gasteiger partial charge >= 0.3 is 12.0 Å². The minimum atomic E-state index is -0.864. The van der Waals surface area contributed by atoms with Gasteiger partial charge in [0.15, 0.2) is 0 Å². The Balaban J connectivity index is 2.55. The van der Waals surface area contributed by atoms with Gasteiger partial charge in [0.1, 0.15) is 0 Å². The number of urea groups is 1. The highest BCUT2D eigenvalue weighted by Crippen LogP contribution is 2.32. The molecule has 1 aliphatic carbocycles. The van der Waals surface area contributed by atoms with E-state index in [2.05, 4.69) is 5.32 Å². The molecule has 1 saturated carbocycles. The molecule has 0 saturated heterocycles. The van der Waals surface area contributed by atoms with Crippen LogP contribution in [0.5, 0.6) is 0 Å². The fraction of sp³-hybridized carbons (Fsp3) is 0.833.